The molecule has 162 valence electrons. The molecule has 7 nitrogen and oxygen atoms in total. The van der Waals surface area contributed by atoms with Crippen molar-refractivity contribution in [3.05, 3.63) is 66.7 Å². The van der Waals surface area contributed by atoms with Gasteiger partial charge in [-0.25, -0.2) is 9.97 Å². The fraction of sp³-hybridized carbons (Fsp3) is 0.120. The molecule has 4 aromatic rings. The Bertz CT molecular complexity index is 1230. The van der Waals surface area contributed by atoms with Crippen molar-refractivity contribution in [1.82, 2.24) is 9.97 Å². The predicted molar refractivity (Wildman–Crippen MR) is 121 cm³/mol. The molecule has 2 N–H and O–H groups in total. The Morgan fingerprint density at radius 2 is 1.31 bits per heavy atom. The molecule has 0 unspecified atom stereocenters. The number of ether oxygens (including phenoxy) is 3. The second-order valence-corrected chi connectivity index (χ2v) is 6.94. The molecular weight excluding hydrogens is 408 g/mol. The topological polar surface area (TPSA) is 93.9 Å². The van der Waals surface area contributed by atoms with Crippen LogP contribution in [0.3, 0.4) is 0 Å². The number of aromatic nitrogens is 2. The van der Waals surface area contributed by atoms with Crippen LogP contribution in [0, 0.1) is 0 Å². The highest BCUT2D eigenvalue weighted by atomic mass is 16.5. The number of nitrogens with zero attached hydrogens (tertiary/aromatic N) is 2. The molecule has 1 heterocycles. The molecule has 1 aromatic heterocycles. The van der Waals surface area contributed by atoms with Gasteiger partial charge in [-0.2, -0.15) is 0 Å². The van der Waals surface area contributed by atoms with Gasteiger partial charge < -0.3 is 24.4 Å². The number of benzene rings is 3. The van der Waals surface area contributed by atoms with Crippen molar-refractivity contribution in [1.29, 1.82) is 0 Å². The fourth-order valence-electron chi connectivity index (χ4n) is 3.42. The molecule has 3 aromatic carbocycles. The Morgan fingerprint density at radius 1 is 0.656 bits per heavy atom. The molecule has 0 bridgehead atoms. The van der Waals surface area contributed by atoms with Gasteiger partial charge in [-0.1, -0.05) is 30.3 Å². The van der Waals surface area contributed by atoms with Gasteiger partial charge >= 0.3 is 0 Å². The first-order valence-electron chi connectivity index (χ1n) is 9.81. The summed E-state index contributed by atoms with van der Waals surface area (Å²) in [6.07, 6.45) is 0. The first-order valence-corrected chi connectivity index (χ1v) is 9.81. The average molecular weight is 430 g/mol. The highest BCUT2D eigenvalue weighted by Gasteiger charge is 2.18. The Labute approximate surface area is 185 Å². The van der Waals surface area contributed by atoms with Crippen LogP contribution in [0.2, 0.25) is 0 Å². The van der Waals surface area contributed by atoms with Crippen LogP contribution in [0.25, 0.3) is 33.9 Å². The number of rotatable bonds is 6. The fourth-order valence-corrected chi connectivity index (χ4v) is 3.42. The van der Waals surface area contributed by atoms with Crippen LogP contribution >= 0.6 is 0 Å². The molecule has 0 aliphatic carbocycles. The van der Waals surface area contributed by atoms with Crippen molar-refractivity contribution in [2.24, 2.45) is 0 Å². The largest absolute Gasteiger partial charge is 0.508 e. The highest BCUT2D eigenvalue weighted by Crippen LogP contribution is 2.42. The predicted octanol–water partition coefficient (Wildman–Crippen LogP) is 4.91. The first-order chi connectivity index (χ1) is 15.5. The lowest BCUT2D eigenvalue weighted by atomic mass is 10.0. The summed E-state index contributed by atoms with van der Waals surface area (Å²) in [5, 5.41) is 20.1. The van der Waals surface area contributed by atoms with Crippen LogP contribution in [-0.4, -0.2) is 41.5 Å². The maximum absolute atomic E-state index is 10.4. The van der Waals surface area contributed by atoms with E-state index in [4.69, 9.17) is 19.2 Å². The standard InChI is InChI=1S/C25H22N2O5/c1-30-22-11-16(12-23(31-2)24(22)32-3)19-14-20(18-10-9-17(28)13-21(18)29)27-25(26-19)15-7-5-4-6-8-15/h4-14,28-29H,1-3H3. The van der Waals surface area contributed by atoms with Crippen molar-refractivity contribution >= 4 is 0 Å². The molecule has 0 fully saturated rings. The summed E-state index contributed by atoms with van der Waals surface area (Å²) in [7, 11) is 4.65. The summed E-state index contributed by atoms with van der Waals surface area (Å²) in [5.41, 5.74) is 3.11. The second-order valence-electron chi connectivity index (χ2n) is 6.94. The lowest BCUT2D eigenvalue weighted by Crippen LogP contribution is -1.98. The molecule has 7 heteroatoms. The Kier molecular flexibility index (Phi) is 5.81. The van der Waals surface area contributed by atoms with E-state index in [0.717, 1.165) is 11.1 Å². The molecule has 0 saturated carbocycles. The van der Waals surface area contributed by atoms with Crippen LogP contribution in [0.15, 0.2) is 66.7 Å². The molecule has 4 rings (SSSR count). The number of aromatic hydroxyl groups is 2. The lowest BCUT2D eigenvalue weighted by molar-refractivity contribution is 0.324. The third-order valence-electron chi connectivity index (χ3n) is 4.98. The van der Waals surface area contributed by atoms with E-state index in [1.165, 1.54) is 12.1 Å². The highest BCUT2D eigenvalue weighted by molar-refractivity contribution is 5.77. The summed E-state index contributed by atoms with van der Waals surface area (Å²) >= 11 is 0. The Morgan fingerprint density at radius 3 is 1.91 bits per heavy atom. The Hall–Kier alpha value is -4.26. The van der Waals surface area contributed by atoms with Gasteiger partial charge in [0.05, 0.1) is 32.7 Å². The van der Waals surface area contributed by atoms with Crippen molar-refractivity contribution in [2.45, 2.75) is 0 Å². The number of methoxy groups -OCH3 is 3. The van der Waals surface area contributed by atoms with Crippen molar-refractivity contribution in [3.63, 3.8) is 0 Å². The normalized spacial score (nSPS) is 10.6. The van der Waals surface area contributed by atoms with Crippen molar-refractivity contribution in [3.8, 4) is 62.7 Å². The summed E-state index contributed by atoms with van der Waals surface area (Å²) in [6.45, 7) is 0. The number of phenols is 2. The number of hydrogen-bond donors (Lipinski definition) is 2. The van der Waals surface area contributed by atoms with Crippen LogP contribution in [0.4, 0.5) is 0 Å². The molecule has 0 aliphatic heterocycles. The van der Waals surface area contributed by atoms with Crippen LogP contribution in [-0.2, 0) is 0 Å². The van der Waals surface area contributed by atoms with E-state index in [1.54, 1.807) is 45.6 Å². The summed E-state index contributed by atoms with van der Waals surface area (Å²) in [5.74, 6) is 1.84. The molecule has 0 amide bonds. The SMILES string of the molecule is COc1cc(-c2cc(-c3ccc(O)cc3O)nc(-c3ccccc3)n2)cc(OC)c1OC. The Balaban J connectivity index is 1.96. The van der Waals surface area contributed by atoms with E-state index in [0.29, 0.717) is 40.0 Å². The second kappa shape index (κ2) is 8.85. The van der Waals surface area contributed by atoms with Crippen molar-refractivity contribution in [2.75, 3.05) is 21.3 Å². The van der Waals surface area contributed by atoms with Gasteiger partial charge in [0.25, 0.3) is 0 Å². The maximum atomic E-state index is 10.4. The molecule has 0 atom stereocenters. The zero-order valence-electron chi connectivity index (χ0n) is 17.9. The van der Waals surface area contributed by atoms with Gasteiger partial charge in [-0.3, -0.25) is 0 Å². The minimum Gasteiger partial charge on any atom is -0.508 e. The summed E-state index contributed by atoms with van der Waals surface area (Å²) < 4.78 is 16.4. The van der Waals surface area contributed by atoms with Gasteiger partial charge in [0.2, 0.25) is 5.75 Å². The van der Waals surface area contributed by atoms with Crippen LogP contribution in [0.1, 0.15) is 0 Å². The number of hydrogen-bond acceptors (Lipinski definition) is 7. The summed E-state index contributed by atoms with van der Waals surface area (Å²) in [6, 6.07) is 19.3. The van der Waals surface area contributed by atoms with E-state index in [1.807, 2.05) is 30.3 Å². The zero-order chi connectivity index (χ0) is 22.7. The molecule has 0 radical (unpaired) electrons. The van der Waals surface area contributed by atoms with Gasteiger partial charge in [0.15, 0.2) is 17.3 Å². The van der Waals surface area contributed by atoms with Gasteiger partial charge in [-0.05, 0) is 30.3 Å². The minimum atomic E-state index is -0.0847. The zero-order valence-corrected chi connectivity index (χ0v) is 17.9. The van der Waals surface area contributed by atoms with E-state index >= 15 is 0 Å². The molecule has 32 heavy (non-hydrogen) atoms. The maximum Gasteiger partial charge on any atom is 0.203 e. The van der Waals surface area contributed by atoms with Gasteiger partial charge in [0, 0.05) is 22.8 Å². The van der Waals surface area contributed by atoms with E-state index in [9.17, 15) is 10.2 Å². The van der Waals surface area contributed by atoms with E-state index < -0.39 is 0 Å². The third-order valence-corrected chi connectivity index (χ3v) is 4.98. The minimum absolute atomic E-state index is 0.0339. The van der Waals surface area contributed by atoms with Crippen LogP contribution in [0.5, 0.6) is 28.7 Å². The van der Waals surface area contributed by atoms with Gasteiger partial charge in [0.1, 0.15) is 11.5 Å². The molecule has 0 saturated heterocycles. The van der Waals surface area contributed by atoms with Crippen LogP contribution < -0.4 is 14.2 Å². The quantitative estimate of drug-likeness (QED) is 0.449. The van der Waals surface area contributed by atoms with E-state index in [2.05, 4.69) is 4.98 Å². The third kappa shape index (κ3) is 4.00. The average Bonchev–Trinajstić information content (AvgIpc) is 2.83. The van der Waals surface area contributed by atoms with Gasteiger partial charge in [-0.15, -0.1) is 0 Å². The number of phenolic OH excluding ortho intramolecular Hbond substituents is 2. The molecule has 0 spiro atoms. The molecule has 0 aliphatic rings. The van der Waals surface area contributed by atoms with E-state index in [-0.39, 0.29) is 11.5 Å². The smallest absolute Gasteiger partial charge is 0.203 e. The first kappa shape index (κ1) is 21.0. The summed E-state index contributed by atoms with van der Waals surface area (Å²) in [4.78, 5) is 9.43. The van der Waals surface area contributed by atoms with Crippen molar-refractivity contribution < 1.29 is 24.4 Å². The molecular formula is C25H22N2O5. The monoisotopic (exact) mass is 430 g/mol. The lowest BCUT2D eigenvalue weighted by Gasteiger charge is -2.15.